The molecule has 0 aliphatic carbocycles. The van der Waals surface area contributed by atoms with Crippen LogP contribution in [0.25, 0.3) is 22.9 Å². The first-order valence-electron chi connectivity index (χ1n) is 12.4. The Morgan fingerprint density at radius 1 is 1.23 bits per heavy atom. The van der Waals surface area contributed by atoms with Crippen molar-refractivity contribution < 1.29 is 28.6 Å². The number of esters is 1. The summed E-state index contributed by atoms with van der Waals surface area (Å²) in [5, 5.41) is 9.90. The molecule has 1 aliphatic rings. The number of rotatable bonds is 8. The molecule has 3 aromatic heterocycles. The van der Waals surface area contributed by atoms with Gasteiger partial charge in [0, 0.05) is 25.5 Å². The number of carbonyl (C=O) groups is 3. The van der Waals surface area contributed by atoms with E-state index in [9.17, 15) is 14.4 Å². The molecule has 3 N–H and O–H groups in total. The molecule has 4 heterocycles. The van der Waals surface area contributed by atoms with Crippen molar-refractivity contribution in [2.45, 2.75) is 39.7 Å². The minimum absolute atomic E-state index is 0.304. The normalized spacial score (nSPS) is 13.7. The van der Waals surface area contributed by atoms with E-state index in [1.165, 1.54) is 7.11 Å². The fraction of sp³-hybridized carbons (Fsp3) is 0.370. The van der Waals surface area contributed by atoms with Crippen molar-refractivity contribution in [1.82, 2.24) is 25.1 Å². The maximum absolute atomic E-state index is 12.8. The van der Waals surface area contributed by atoms with Gasteiger partial charge in [-0.15, -0.1) is 5.10 Å². The molecule has 12 heteroatoms. The quantitative estimate of drug-likeness (QED) is 0.224. The average molecular weight is 537 g/mol. The lowest BCUT2D eigenvalue weighted by atomic mass is 10.1. The SMILES string of the molecule is COC(=O)c1cc(C)[nH]c1/C=C1\C(=O)Nc2ccc(-c3cn(C)nc3OCCCNC(=O)OC(C)(C)C)nc21. The fourth-order valence-electron chi connectivity index (χ4n) is 3.99. The minimum Gasteiger partial charge on any atom is -0.476 e. The molecule has 0 atom stereocenters. The van der Waals surface area contributed by atoms with Gasteiger partial charge in [-0.3, -0.25) is 9.48 Å². The maximum atomic E-state index is 12.8. The van der Waals surface area contributed by atoms with Crippen molar-refractivity contribution in [3.63, 3.8) is 0 Å². The van der Waals surface area contributed by atoms with Crippen LogP contribution in [-0.4, -0.2) is 63.6 Å². The number of amides is 2. The van der Waals surface area contributed by atoms with Crippen LogP contribution in [0.1, 0.15) is 54.6 Å². The molecule has 0 spiro atoms. The molecule has 0 fully saturated rings. The molecule has 4 rings (SSSR count). The van der Waals surface area contributed by atoms with E-state index in [2.05, 4.69) is 20.7 Å². The zero-order valence-electron chi connectivity index (χ0n) is 22.8. The first kappa shape index (κ1) is 27.4. The number of aryl methyl sites for hydroxylation is 2. The van der Waals surface area contributed by atoms with Crippen molar-refractivity contribution in [2.24, 2.45) is 7.05 Å². The predicted octanol–water partition coefficient (Wildman–Crippen LogP) is 3.69. The zero-order valence-corrected chi connectivity index (χ0v) is 22.8. The van der Waals surface area contributed by atoms with Crippen molar-refractivity contribution in [3.8, 4) is 17.1 Å². The summed E-state index contributed by atoms with van der Waals surface area (Å²) in [6, 6.07) is 5.20. The molecule has 206 valence electrons. The van der Waals surface area contributed by atoms with Gasteiger partial charge in [-0.25, -0.2) is 14.6 Å². The summed E-state index contributed by atoms with van der Waals surface area (Å²) in [5.74, 6) is -0.471. The number of H-pyrrole nitrogens is 1. The molecule has 0 unspecified atom stereocenters. The van der Waals surface area contributed by atoms with E-state index in [1.54, 1.807) is 63.0 Å². The molecule has 1 aliphatic heterocycles. The van der Waals surface area contributed by atoms with Crippen molar-refractivity contribution >= 4 is 35.3 Å². The number of pyridine rings is 1. The second-order valence-electron chi connectivity index (χ2n) is 10.0. The third-order valence-corrected chi connectivity index (χ3v) is 5.62. The molecule has 3 aromatic rings. The Hall–Kier alpha value is -4.61. The van der Waals surface area contributed by atoms with Crippen LogP contribution in [0.15, 0.2) is 24.4 Å². The fourth-order valence-corrected chi connectivity index (χ4v) is 3.99. The van der Waals surface area contributed by atoms with Crippen LogP contribution < -0.4 is 15.4 Å². The number of anilines is 1. The lowest BCUT2D eigenvalue weighted by Crippen LogP contribution is -2.33. The Morgan fingerprint density at radius 3 is 2.72 bits per heavy atom. The molecular formula is C27H32N6O6. The Labute approximate surface area is 225 Å². The van der Waals surface area contributed by atoms with Crippen molar-refractivity contribution in [3.05, 3.63) is 47.0 Å². The third kappa shape index (κ3) is 6.46. The first-order valence-corrected chi connectivity index (χ1v) is 12.4. The Bertz CT molecular complexity index is 1450. The zero-order chi connectivity index (χ0) is 28.3. The first-order chi connectivity index (χ1) is 18.4. The maximum Gasteiger partial charge on any atom is 0.407 e. The van der Waals surface area contributed by atoms with E-state index >= 15 is 0 Å². The largest absolute Gasteiger partial charge is 0.476 e. The van der Waals surface area contributed by atoms with Crippen LogP contribution in [0.5, 0.6) is 5.88 Å². The Morgan fingerprint density at radius 2 is 2.00 bits per heavy atom. The number of methoxy groups -OCH3 is 1. The lowest BCUT2D eigenvalue weighted by molar-refractivity contribution is -0.110. The lowest BCUT2D eigenvalue weighted by Gasteiger charge is -2.19. The van der Waals surface area contributed by atoms with E-state index < -0.39 is 17.7 Å². The average Bonchev–Trinajstić information content (AvgIpc) is 3.51. The van der Waals surface area contributed by atoms with Gasteiger partial charge < -0.3 is 29.8 Å². The molecule has 0 radical (unpaired) electrons. The van der Waals surface area contributed by atoms with Crippen molar-refractivity contribution in [1.29, 1.82) is 0 Å². The number of nitrogens with one attached hydrogen (secondary N) is 3. The highest BCUT2D eigenvalue weighted by Gasteiger charge is 2.28. The summed E-state index contributed by atoms with van der Waals surface area (Å²) in [4.78, 5) is 44.7. The summed E-state index contributed by atoms with van der Waals surface area (Å²) >= 11 is 0. The van der Waals surface area contributed by atoms with Crippen LogP contribution in [-0.2, 0) is 21.3 Å². The van der Waals surface area contributed by atoms with E-state index in [1.807, 2.05) is 6.92 Å². The van der Waals surface area contributed by atoms with E-state index in [-0.39, 0.29) is 5.91 Å². The number of aromatic amines is 1. The van der Waals surface area contributed by atoms with Crippen LogP contribution >= 0.6 is 0 Å². The van der Waals surface area contributed by atoms with Gasteiger partial charge in [0.05, 0.1) is 47.5 Å². The van der Waals surface area contributed by atoms with Crippen LogP contribution in [0.4, 0.5) is 10.5 Å². The second-order valence-corrected chi connectivity index (χ2v) is 10.0. The number of hydrogen-bond donors (Lipinski definition) is 3. The number of alkyl carbamates (subject to hydrolysis) is 1. The molecule has 2 amide bonds. The van der Waals surface area contributed by atoms with Crippen molar-refractivity contribution in [2.75, 3.05) is 25.6 Å². The minimum atomic E-state index is -0.564. The van der Waals surface area contributed by atoms with Gasteiger partial charge in [0.1, 0.15) is 11.3 Å². The van der Waals surface area contributed by atoms with E-state index in [0.717, 1.165) is 5.69 Å². The number of fused-ring (bicyclic) bond motifs is 1. The van der Waals surface area contributed by atoms with Gasteiger partial charge in [-0.05, 0) is 58.4 Å². The molecule has 0 aromatic carbocycles. The van der Waals surface area contributed by atoms with Crippen LogP contribution in [0.2, 0.25) is 0 Å². The topological polar surface area (TPSA) is 149 Å². The van der Waals surface area contributed by atoms with E-state index in [0.29, 0.717) is 64.9 Å². The number of carbonyl (C=O) groups excluding carboxylic acids is 3. The van der Waals surface area contributed by atoms with Gasteiger partial charge in [0.2, 0.25) is 5.88 Å². The molecule has 0 saturated heterocycles. The molecular weight excluding hydrogens is 504 g/mol. The van der Waals surface area contributed by atoms with Gasteiger partial charge in [0.25, 0.3) is 5.91 Å². The van der Waals surface area contributed by atoms with Crippen LogP contribution in [0.3, 0.4) is 0 Å². The number of aromatic nitrogens is 4. The van der Waals surface area contributed by atoms with Gasteiger partial charge in [-0.2, -0.15) is 0 Å². The number of hydrogen-bond acceptors (Lipinski definition) is 8. The Kier molecular flexibility index (Phi) is 7.75. The molecule has 0 bridgehead atoms. The third-order valence-electron chi connectivity index (χ3n) is 5.62. The molecule has 39 heavy (non-hydrogen) atoms. The molecule has 0 saturated carbocycles. The van der Waals surface area contributed by atoms with Gasteiger partial charge >= 0.3 is 12.1 Å². The van der Waals surface area contributed by atoms with Gasteiger partial charge in [0.15, 0.2) is 0 Å². The second kappa shape index (κ2) is 11.0. The summed E-state index contributed by atoms with van der Waals surface area (Å²) in [7, 11) is 3.07. The standard InChI is InChI=1S/C27H32N6O6/c1-15-12-16(25(35)37-6)21(29-15)13-17-22-20(31-23(17)34)9-8-19(30-22)18-14-33(5)32-24(18)38-11-7-10-28-26(36)39-27(2,3)4/h8-9,12-14,29H,7,10-11H2,1-6H3,(H,28,36)(H,31,34)/b17-13-. The monoisotopic (exact) mass is 536 g/mol. The summed E-state index contributed by atoms with van der Waals surface area (Å²) in [5.41, 5.74) is 3.46. The highest BCUT2D eigenvalue weighted by atomic mass is 16.6. The summed E-state index contributed by atoms with van der Waals surface area (Å²) in [6.07, 6.45) is 3.43. The number of nitrogens with zero attached hydrogens (tertiary/aromatic N) is 3. The predicted molar refractivity (Wildman–Crippen MR) is 144 cm³/mol. The highest BCUT2D eigenvalue weighted by Crippen LogP contribution is 2.36. The number of ether oxygens (including phenoxy) is 3. The van der Waals surface area contributed by atoms with E-state index in [4.69, 9.17) is 19.2 Å². The highest BCUT2D eigenvalue weighted by molar-refractivity contribution is 6.34. The molecule has 12 nitrogen and oxygen atoms in total. The smallest absolute Gasteiger partial charge is 0.407 e. The Balaban J connectivity index is 1.52. The summed E-state index contributed by atoms with van der Waals surface area (Å²) in [6.45, 7) is 7.90. The summed E-state index contributed by atoms with van der Waals surface area (Å²) < 4.78 is 17.6. The van der Waals surface area contributed by atoms with Crippen LogP contribution in [0, 0.1) is 6.92 Å². The van der Waals surface area contributed by atoms with Gasteiger partial charge in [-0.1, -0.05) is 0 Å².